The Kier molecular flexibility index (Phi) is 3.80. The Morgan fingerprint density at radius 3 is 2.16 bits per heavy atom. The third kappa shape index (κ3) is 3.60. The first kappa shape index (κ1) is 14.6. The minimum Gasteiger partial charge on any atom is -0.434 e. The van der Waals surface area contributed by atoms with Crippen molar-refractivity contribution >= 4 is 23.1 Å². The Morgan fingerprint density at radius 2 is 1.68 bits per heavy atom. The van der Waals surface area contributed by atoms with Gasteiger partial charge in [0.05, 0.1) is 21.6 Å². The lowest BCUT2D eigenvalue weighted by atomic mass is 9.97. The fraction of sp³-hybridized carbons (Fsp3) is 0.571. The topological polar surface area (TPSA) is 38.9 Å². The third-order valence-electron chi connectivity index (χ3n) is 2.45. The van der Waals surface area contributed by atoms with E-state index < -0.39 is 0 Å². The summed E-state index contributed by atoms with van der Waals surface area (Å²) >= 11 is 3.30. The van der Waals surface area contributed by atoms with E-state index in [9.17, 15) is 0 Å². The molecule has 2 aromatic heterocycles. The molecule has 19 heavy (non-hydrogen) atoms. The second-order valence-electron chi connectivity index (χ2n) is 6.57. The SMILES string of the molecule is CC(C)(C)c1ncc(Sc2cnc(C(C)(C)C)s2)o1. The number of hydrogen-bond donors (Lipinski definition) is 0. The summed E-state index contributed by atoms with van der Waals surface area (Å²) in [6, 6.07) is 0. The molecule has 0 fully saturated rings. The number of nitrogens with zero attached hydrogens (tertiary/aromatic N) is 2. The monoisotopic (exact) mass is 296 g/mol. The van der Waals surface area contributed by atoms with Crippen LogP contribution in [0.1, 0.15) is 52.4 Å². The molecule has 0 saturated heterocycles. The Morgan fingerprint density at radius 1 is 1.00 bits per heavy atom. The molecule has 0 aromatic carbocycles. The zero-order chi connectivity index (χ0) is 14.3. The highest BCUT2D eigenvalue weighted by atomic mass is 32.2. The summed E-state index contributed by atoms with van der Waals surface area (Å²) in [6.07, 6.45) is 3.71. The summed E-state index contributed by atoms with van der Waals surface area (Å²) in [6.45, 7) is 12.8. The fourth-order valence-corrected chi connectivity index (χ4v) is 3.29. The van der Waals surface area contributed by atoms with E-state index in [-0.39, 0.29) is 10.8 Å². The van der Waals surface area contributed by atoms with Crippen LogP contribution in [0.15, 0.2) is 26.1 Å². The zero-order valence-electron chi connectivity index (χ0n) is 12.3. The minimum atomic E-state index is -0.0525. The van der Waals surface area contributed by atoms with Gasteiger partial charge in [0.15, 0.2) is 5.09 Å². The highest BCUT2D eigenvalue weighted by Gasteiger charge is 2.22. The Bertz CT molecular complexity index is 508. The van der Waals surface area contributed by atoms with Crippen LogP contribution in [0.4, 0.5) is 0 Å². The molecule has 3 nitrogen and oxygen atoms in total. The van der Waals surface area contributed by atoms with Crippen molar-refractivity contribution < 1.29 is 4.42 Å². The van der Waals surface area contributed by atoms with Crippen molar-refractivity contribution in [2.24, 2.45) is 0 Å². The predicted octanol–water partition coefficient (Wildman–Crippen LogP) is 4.88. The maximum absolute atomic E-state index is 5.78. The average Bonchev–Trinajstić information content (AvgIpc) is 2.84. The predicted molar refractivity (Wildman–Crippen MR) is 80.1 cm³/mol. The van der Waals surface area contributed by atoms with Crippen molar-refractivity contribution in [3.8, 4) is 0 Å². The molecule has 0 atom stereocenters. The molecule has 0 spiro atoms. The molecule has 0 unspecified atom stereocenters. The van der Waals surface area contributed by atoms with Gasteiger partial charge in [-0.3, -0.25) is 0 Å². The maximum Gasteiger partial charge on any atom is 0.201 e. The number of hydrogen-bond acceptors (Lipinski definition) is 5. The molecule has 0 aliphatic rings. The van der Waals surface area contributed by atoms with Crippen LogP contribution in [0.2, 0.25) is 0 Å². The molecule has 2 rings (SSSR count). The maximum atomic E-state index is 5.78. The van der Waals surface area contributed by atoms with Crippen molar-refractivity contribution in [1.29, 1.82) is 0 Å². The van der Waals surface area contributed by atoms with Crippen LogP contribution in [0.25, 0.3) is 0 Å². The highest BCUT2D eigenvalue weighted by Crippen LogP contribution is 2.37. The quantitative estimate of drug-likeness (QED) is 0.792. The largest absolute Gasteiger partial charge is 0.434 e. The van der Waals surface area contributed by atoms with E-state index in [0.717, 1.165) is 20.2 Å². The van der Waals surface area contributed by atoms with E-state index in [0.29, 0.717) is 0 Å². The Labute approximate surface area is 122 Å². The van der Waals surface area contributed by atoms with Gasteiger partial charge in [0.25, 0.3) is 0 Å². The van der Waals surface area contributed by atoms with Crippen LogP contribution in [-0.4, -0.2) is 9.97 Å². The summed E-state index contributed by atoms with van der Waals surface area (Å²) in [5.74, 6) is 0.774. The van der Waals surface area contributed by atoms with E-state index in [4.69, 9.17) is 4.42 Å². The first-order valence-electron chi connectivity index (χ1n) is 6.27. The summed E-state index contributed by atoms with van der Waals surface area (Å²) in [5.41, 5.74) is 0.0462. The number of thiazole rings is 1. The van der Waals surface area contributed by atoms with Crippen LogP contribution in [-0.2, 0) is 10.8 Å². The first-order valence-corrected chi connectivity index (χ1v) is 7.90. The lowest BCUT2D eigenvalue weighted by molar-refractivity contribution is 0.351. The number of rotatable bonds is 2. The van der Waals surface area contributed by atoms with E-state index in [2.05, 4.69) is 51.5 Å². The molecule has 0 bridgehead atoms. The third-order valence-corrected chi connectivity index (χ3v) is 4.87. The molecule has 0 amide bonds. The molecule has 0 saturated carbocycles. The van der Waals surface area contributed by atoms with Gasteiger partial charge in [-0.1, -0.05) is 41.5 Å². The summed E-state index contributed by atoms with van der Waals surface area (Å²) in [5, 5.41) is 1.97. The summed E-state index contributed by atoms with van der Waals surface area (Å²) in [7, 11) is 0. The van der Waals surface area contributed by atoms with Gasteiger partial charge in [-0.25, -0.2) is 9.97 Å². The van der Waals surface area contributed by atoms with Crippen LogP contribution in [0.5, 0.6) is 0 Å². The van der Waals surface area contributed by atoms with E-state index >= 15 is 0 Å². The second kappa shape index (κ2) is 4.94. The zero-order valence-corrected chi connectivity index (χ0v) is 13.9. The molecule has 0 aliphatic heterocycles. The van der Waals surface area contributed by atoms with Gasteiger partial charge in [0.2, 0.25) is 5.89 Å². The van der Waals surface area contributed by atoms with Gasteiger partial charge < -0.3 is 4.42 Å². The molecule has 104 valence electrons. The van der Waals surface area contributed by atoms with Gasteiger partial charge in [0, 0.05) is 10.8 Å². The van der Waals surface area contributed by atoms with Gasteiger partial charge >= 0.3 is 0 Å². The average molecular weight is 296 g/mol. The second-order valence-corrected chi connectivity index (χ2v) is 8.91. The van der Waals surface area contributed by atoms with Crippen molar-refractivity contribution in [2.45, 2.75) is 61.7 Å². The molecular weight excluding hydrogens is 276 g/mol. The number of aromatic nitrogens is 2. The summed E-state index contributed by atoms with van der Waals surface area (Å²) in [4.78, 5) is 8.81. The Hall–Kier alpha value is -0.810. The van der Waals surface area contributed by atoms with Gasteiger partial charge in [-0.05, 0) is 11.8 Å². The standard InChI is InChI=1S/C14H20N2OS2/c1-13(2,3)11-15-7-9(17-11)18-10-8-16-12(19-10)14(4,5)6/h7-8H,1-6H3. The van der Waals surface area contributed by atoms with E-state index in [1.54, 1.807) is 29.3 Å². The van der Waals surface area contributed by atoms with Crippen LogP contribution >= 0.6 is 23.1 Å². The lowest BCUT2D eigenvalue weighted by Crippen LogP contribution is -2.10. The van der Waals surface area contributed by atoms with E-state index in [1.807, 2.05) is 6.20 Å². The molecular formula is C14H20N2OS2. The van der Waals surface area contributed by atoms with Gasteiger partial charge in [-0.15, -0.1) is 11.3 Å². The molecule has 0 radical (unpaired) electrons. The van der Waals surface area contributed by atoms with Gasteiger partial charge in [0.1, 0.15) is 0 Å². The number of oxazole rings is 1. The van der Waals surface area contributed by atoms with Gasteiger partial charge in [-0.2, -0.15) is 0 Å². The van der Waals surface area contributed by atoms with Crippen LogP contribution < -0.4 is 0 Å². The molecule has 2 heterocycles. The van der Waals surface area contributed by atoms with Crippen molar-refractivity contribution in [3.05, 3.63) is 23.3 Å². The highest BCUT2D eigenvalue weighted by molar-refractivity contribution is 8.01. The molecule has 0 aliphatic carbocycles. The van der Waals surface area contributed by atoms with Crippen molar-refractivity contribution in [2.75, 3.05) is 0 Å². The summed E-state index contributed by atoms with van der Waals surface area (Å²) < 4.78 is 6.92. The first-order chi connectivity index (χ1) is 8.66. The molecule has 0 N–H and O–H groups in total. The molecule has 2 aromatic rings. The van der Waals surface area contributed by atoms with Crippen LogP contribution in [0, 0.1) is 0 Å². The Balaban J connectivity index is 2.14. The van der Waals surface area contributed by atoms with Crippen LogP contribution in [0.3, 0.4) is 0 Å². The molecule has 5 heteroatoms. The van der Waals surface area contributed by atoms with E-state index in [1.165, 1.54) is 0 Å². The minimum absolute atomic E-state index is 0.0525. The normalized spacial score (nSPS) is 12.9. The van der Waals surface area contributed by atoms with Crippen molar-refractivity contribution in [1.82, 2.24) is 9.97 Å². The smallest absolute Gasteiger partial charge is 0.201 e. The fourth-order valence-electron chi connectivity index (χ4n) is 1.41. The lowest BCUT2D eigenvalue weighted by Gasteiger charge is -2.13. The van der Waals surface area contributed by atoms with Crippen molar-refractivity contribution in [3.63, 3.8) is 0 Å².